The quantitative estimate of drug-likeness (QED) is 0.470. The van der Waals surface area contributed by atoms with Crippen molar-refractivity contribution in [1.82, 2.24) is 10.5 Å². The molecule has 2 N–H and O–H groups in total. The summed E-state index contributed by atoms with van der Waals surface area (Å²) in [7, 11) is 0. The lowest BCUT2D eigenvalue weighted by molar-refractivity contribution is -0.137. The van der Waals surface area contributed by atoms with Gasteiger partial charge in [-0.05, 0) is 42.8 Å². The molecule has 0 atom stereocenters. The number of carbonyl (C=O) groups excluding carboxylic acids is 1. The second-order valence-corrected chi connectivity index (χ2v) is 7.28. The van der Waals surface area contributed by atoms with Crippen LogP contribution in [0.3, 0.4) is 0 Å². The molecule has 3 rings (SSSR count). The number of amides is 1. The van der Waals surface area contributed by atoms with E-state index in [1.165, 1.54) is 6.08 Å². The number of carboxylic acids is 1. The van der Waals surface area contributed by atoms with Crippen LogP contribution in [-0.2, 0) is 16.2 Å². The first-order chi connectivity index (χ1) is 14.8. The highest BCUT2D eigenvalue weighted by molar-refractivity contribution is 6.39. The molecular weight excluding hydrogens is 443 g/mol. The van der Waals surface area contributed by atoms with E-state index >= 15 is 0 Å². The number of carboxylic acid groups (broad SMARTS) is 1. The van der Waals surface area contributed by atoms with E-state index in [0.29, 0.717) is 32.8 Å². The molecule has 7 nitrogen and oxygen atoms in total. The first-order valence-electron chi connectivity index (χ1n) is 9.15. The zero-order chi connectivity index (χ0) is 22.4. The Morgan fingerprint density at radius 3 is 2.48 bits per heavy atom. The molecule has 0 radical (unpaired) electrons. The van der Waals surface area contributed by atoms with Crippen molar-refractivity contribution < 1.29 is 24.0 Å². The molecule has 160 valence electrons. The van der Waals surface area contributed by atoms with Crippen LogP contribution in [-0.4, -0.2) is 28.7 Å². The molecule has 3 aromatic rings. The van der Waals surface area contributed by atoms with Crippen LogP contribution in [0.25, 0.3) is 17.3 Å². The van der Waals surface area contributed by atoms with Crippen molar-refractivity contribution in [1.29, 1.82) is 0 Å². The van der Waals surface area contributed by atoms with Gasteiger partial charge in [0, 0.05) is 11.6 Å². The second kappa shape index (κ2) is 10.1. The summed E-state index contributed by atoms with van der Waals surface area (Å²) in [5.41, 5.74) is 2.60. The van der Waals surface area contributed by atoms with Gasteiger partial charge in [-0.25, -0.2) is 0 Å². The highest BCUT2D eigenvalue weighted by Crippen LogP contribution is 2.37. The molecule has 0 unspecified atom stereocenters. The monoisotopic (exact) mass is 460 g/mol. The summed E-state index contributed by atoms with van der Waals surface area (Å²) in [4.78, 5) is 22.0. The first kappa shape index (κ1) is 22.4. The van der Waals surface area contributed by atoms with Crippen molar-refractivity contribution in [2.24, 2.45) is 0 Å². The molecule has 1 heterocycles. The minimum Gasteiger partial charge on any atom is -0.489 e. The third kappa shape index (κ3) is 5.87. The number of hydrogen-bond donors (Lipinski definition) is 2. The SMILES string of the molecule is Cc1onc(-c2c(Cl)cccc2Cl)c1COc1ccc(/C=C/C(=O)NCC(=O)O)cc1. The van der Waals surface area contributed by atoms with E-state index in [9.17, 15) is 9.59 Å². The molecule has 0 saturated heterocycles. The molecule has 1 amide bonds. The molecule has 0 aliphatic rings. The maximum Gasteiger partial charge on any atom is 0.322 e. The van der Waals surface area contributed by atoms with E-state index in [-0.39, 0.29) is 6.61 Å². The van der Waals surface area contributed by atoms with E-state index < -0.39 is 18.4 Å². The predicted octanol–water partition coefficient (Wildman–Crippen LogP) is 4.75. The lowest BCUT2D eigenvalue weighted by Gasteiger charge is -2.09. The molecule has 0 bridgehead atoms. The zero-order valence-corrected chi connectivity index (χ0v) is 17.9. The van der Waals surface area contributed by atoms with Crippen LogP contribution in [0.1, 0.15) is 16.9 Å². The Hall–Kier alpha value is -3.29. The van der Waals surface area contributed by atoms with Crippen LogP contribution in [0.2, 0.25) is 10.0 Å². The summed E-state index contributed by atoms with van der Waals surface area (Å²) in [6, 6.07) is 12.2. The fourth-order valence-electron chi connectivity index (χ4n) is 2.71. The lowest BCUT2D eigenvalue weighted by Crippen LogP contribution is -2.27. The van der Waals surface area contributed by atoms with Crippen molar-refractivity contribution in [3.63, 3.8) is 0 Å². The van der Waals surface area contributed by atoms with Crippen molar-refractivity contribution in [2.45, 2.75) is 13.5 Å². The molecule has 1 aromatic heterocycles. The van der Waals surface area contributed by atoms with Gasteiger partial charge >= 0.3 is 5.97 Å². The minimum absolute atomic E-state index is 0.193. The van der Waals surface area contributed by atoms with Crippen LogP contribution in [0.4, 0.5) is 0 Å². The summed E-state index contributed by atoms with van der Waals surface area (Å²) in [5, 5.41) is 15.8. The Bertz CT molecular complexity index is 1100. The fraction of sp³-hybridized carbons (Fsp3) is 0.136. The van der Waals surface area contributed by atoms with Gasteiger partial charge in [0.25, 0.3) is 0 Å². The summed E-state index contributed by atoms with van der Waals surface area (Å²) in [6.07, 6.45) is 2.83. The largest absolute Gasteiger partial charge is 0.489 e. The van der Waals surface area contributed by atoms with Crippen LogP contribution in [0.15, 0.2) is 53.1 Å². The van der Waals surface area contributed by atoms with Gasteiger partial charge in [-0.1, -0.05) is 46.6 Å². The number of hydrogen-bond acceptors (Lipinski definition) is 5. The fourth-order valence-corrected chi connectivity index (χ4v) is 3.28. The Morgan fingerprint density at radius 2 is 1.84 bits per heavy atom. The van der Waals surface area contributed by atoms with Crippen molar-refractivity contribution in [2.75, 3.05) is 6.54 Å². The summed E-state index contributed by atoms with van der Waals surface area (Å²) in [6.45, 7) is 1.54. The van der Waals surface area contributed by atoms with Crippen LogP contribution in [0, 0.1) is 6.92 Å². The van der Waals surface area contributed by atoms with Crippen LogP contribution in [0.5, 0.6) is 5.75 Å². The number of halogens is 2. The zero-order valence-electron chi connectivity index (χ0n) is 16.4. The number of aromatic nitrogens is 1. The summed E-state index contributed by atoms with van der Waals surface area (Å²) in [5.74, 6) is -0.398. The normalized spacial score (nSPS) is 10.9. The number of carbonyl (C=O) groups is 2. The van der Waals surface area contributed by atoms with Gasteiger partial charge in [0.05, 0.1) is 15.6 Å². The Morgan fingerprint density at radius 1 is 1.16 bits per heavy atom. The average Bonchev–Trinajstić information content (AvgIpc) is 3.10. The number of ether oxygens (including phenoxy) is 1. The molecule has 0 saturated carbocycles. The Labute approximate surface area is 188 Å². The summed E-state index contributed by atoms with van der Waals surface area (Å²) >= 11 is 12.6. The van der Waals surface area contributed by atoms with Crippen LogP contribution < -0.4 is 10.1 Å². The maximum atomic E-state index is 11.5. The molecule has 31 heavy (non-hydrogen) atoms. The van der Waals surface area contributed by atoms with E-state index in [1.807, 2.05) is 0 Å². The average molecular weight is 461 g/mol. The molecule has 2 aromatic carbocycles. The van der Waals surface area contributed by atoms with Gasteiger partial charge in [0.2, 0.25) is 5.91 Å². The van der Waals surface area contributed by atoms with Crippen molar-refractivity contribution in [3.8, 4) is 17.0 Å². The maximum absolute atomic E-state index is 11.5. The molecule has 0 spiro atoms. The third-order valence-corrected chi connectivity index (χ3v) is 4.92. The van der Waals surface area contributed by atoms with Gasteiger partial charge in [-0.3, -0.25) is 9.59 Å². The van der Waals surface area contributed by atoms with Crippen molar-refractivity contribution >= 4 is 41.2 Å². The van der Waals surface area contributed by atoms with Gasteiger partial charge in [-0.2, -0.15) is 0 Å². The minimum atomic E-state index is -1.11. The molecule has 0 fully saturated rings. The topological polar surface area (TPSA) is 102 Å². The molecule has 9 heteroatoms. The van der Waals surface area contributed by atoms with E-state index in [1.54, 1.807) is 55.5 Å². The van der Waals surface area contributed by atoms with Gasteiger partial charge in [0.1, 0.15) is 30.4 Å². The second-order valence-electron chi connectivity index (χ2n) is 6.47. The lowest BCUT2D eigenvalue weighted by atomic mass is 10.1. The number of nitrogens with one attached hydrogen (secondary N) is 1. The highest BCUT2D eigenvalue weighted by atomic mass is 35.5. The van der Waals surface area contributed by atoms with Gasteiger partial charge in [0.15, 0.2) is 0 Å². The van der Waals surface area contributed by atoms with Gasteiger partial charge in [-0.15, -0.1) is 0 Å². The molecule has 0 aliphatic carbocycles. The number of rotatable bonds is 8. The number of aryl methyl sites for hydroxylation is 1. The third-order valence-electron chi connectivity index (χ3n) is 4.29. The molecular formula is C22H18Cl2N2O5. The van der Waals surface area contributed by atoms with E-state index in [2.05, 4.69) is 10.5 Å². The number of nitrogens with zero attached hydrogens (tertiary/aromatic N) is 1. The van der Waals surface area contributed by atoms with Crippen LogP contribution >= 0.6 is 23.2 Å². The van der Waals surface area contributed by atoms with Crippen molar-refractivity contribution in [3.05, 3.63) is 75.5 Å². The first-order valence-corrected chi connectivity index (χ1v) is 9.91. The van der Waals surface area contributed by atoms with E-state index in [0.717, 1.165) is 11.1 Å². The standard InChI is InChI=1S/C22H18Cl2N2O5/c1-13-16(22(26-31-13)21-17(23)3-2-4-18(21)24)12-30-15-8-5-14(6-9-15)7-10-19(27)25-11-20(28)29/h2-10H,11-12H2,1H3,(H,25,27)(H,28,29)/b10-7+. The van der Waals surface area contributed by atoms with E-state index in [4.69, 9.17) is 37.6 Å². The predicted molar refractivity (Wildman–Crippen MR) is 117 cm³/mol. The highest BCUT2D eigenvalue weighted by Gasteiger charge is 2.20. The number of aliphatic carboxylic acids is 1. The Kier molecular flexibility index (Phi) is 7.33. The Balaban J connectivity index is 1.67. The number of benzene rings is 2. The smallest absolute Gasteiger partial charge is 0.322 e. The van der Waals surface area contributed by atoms with Gasteiger partial charge < -0.3 is 19.7 Å². The molecule has 0 aliphatic heterocycles. The summed E-state index contributed by atoms with van der Waals surface area (Å²) < 4.78 is 11.2.